The Kier molecular flexibility index (Phi) is 7.11. The lowest BCUT2D eigenvalue weighted by molar-refractivity contribution is -0.274. The number of alkyl halides is 3. The van der Waals surface area contributed by atoms with Gasteiger partial charge in [-0.3, -0.25) is 14.5 Å². The van der Waals surface area contributed by atoms with Crippen molar-refractivity contribution in [2.75, 3.05) is 38.5 Å². The summed E-state index contributed by atoms with van der Waals surface area (Å²) < 4.78 is 43.4. The maximum Gasteiger partial charge on any atom is 0.573 e. The van der Waals surface area contributed by atoms with Crippen molar-refractivity contribution in [3.05, 3.63) is 47.5 Å². The minimum absolute atomic E-state index is 0.110. The van der Waals surface area contributed by atoms with Gasteiger partial charge in [0.25, 0.3) is 0 Å². The number of ketones is 1. The van der Waals surface area contributed by atoms with Crippen molar-refractivity contribution >= 4 is 28.7 Å². The average Bonchev–Trinajstić information content (AvgIpc) is 3.57. The number of hydrogen-bond donors (Lipinski definition) is 1. The molecule has 38 heavy (non-hydrogen) atoms. The molecular formula is C24H24F3N7O3S. The molecule has 14 heteroatoms. The molecule has 200 valence electrons. The lowest BCUT2D eigenvalue weighted by Crippen LogP contribution is -2.54. The molecule has 3 heterocycles. The highest BCUT2D eigenvalue weighted by Gasteiger charge is 2.55. The van der Waals surface area contributed by atoms with Crippen LogP contribution in [0.3, 0.4) is 0 Å². The quantitative estimate of drug-likeness (QED) is 0.425. The lowest BCUT2D eigenvalue weighted by Gasteiger charge is -2.37. The highest BCUT2D eigenvalue weighted by Crippen LogP contribution is 2.44. The van der Waals surface area contributed by atoms with E-state index in [4.69, 9.17) is 0 Å². The fourth-order valence-corrected chi connectivity index (χ4v) is 5.20. The third-order valence-corrected chi connectivity index (χ3v) is 7.59. The molecule has 5 rings (SSSR count). The Balaban J connectivity index is 1.34. The van der Waals surface area contributed by atoms with E-state index in [1.807, 2.05) is 7.05 Å². The molecule has 1 aliphatic heterocycles. The average molecular weight is 548 g/mol. The van der Waals surface area contributed by atoms with Crippen LogP contribution in [-0.2, 0) is 11.2 Å². The Morgan fingerprint density at radius 3 is 2.47 bits per heavy atom. The number of nitrogens with one attached hydrogen (secondary N) is 1. The van der Waals surface area contributed by atoms with Gasteiger partial charge in [-0.05, 0) is 38.1 Å². The largest absolute Gasteiger partial charge is 0.573 e. The summed E-state index contributed by atoms with van der Waals surface area (Å²) in [6.07, 6.45) is 0.663. The number of Topliss-reactive ketones (excluding diaryl/α,β-unsaturated/α-hetero) is 1. The van der Waals surface area contributed by atoms with Crippen molar-refractivity contribution in [2.45, 2.75) is 31.2 Å². The van der Waals surface area contributed by atoms with E-state index in [1.165, 1.54) is 29.8 Å². The smallest absolute Gasteiger partial charge is 0.404 e. The number of anilines is 1. The highest BCUT2D eigenvalue weighted by molar-refractivity contribution is 7.14. The first kappa shape index (κ1) is 26.1. The van der Waals surface area contributed by atoms with Gasteiger partial charge in [-0.1, -0.05) is 11.3 Å². The number of hydrogen-bond acceptors (Lipinski definition) is 10. The van der Waals surface area contributed by atoms with Crippen molar-refractivity contribution in [1.82, 2.24) is 30.0 Å². The Labute approximate surface area is 219 Å². The second kappa shape index (κ2) is 10.3. The molecule has 0 spiro atoms. The van der Waals surface area contributed by atoms with Gasteiger partial charge in [0.15, 0.2) is 16.5 Å². The number of halogens is 3. The monoisotopic (exact) mass is 547 g/mol. The number of rotatable bonds is 8. The second-order valence-electron chi connectivity index (χ2n) is 9.26. The minimum atomic E-state index is -4.97. The molecule has 1 amide bonds. The molecule has 10 nitrogen and oxygen atoms in total. The second-order valence-corrected chi connectivity index (χ2v) is 10.3. The summed E-state index contributed by atoms with van der Waals surface area (Å²) in [5, 5.41) is 11.7. The van der Waals surface area contributed by atoms with Crippen LogP contribution in [0.5, 0.6) is 5.75 Å². The molecule has 0 atom stereocenters. The van der Waals surface area contributed by atoms with Gasteiger partial charge < -0.3 is 15.0 Å². The van der Waals surface area contributed by atoms with Gasteiger partial charge in [0, 0.05) is 49.7 Å². The van der Waals surface area contributed by atoms with Crippen molar-refractivity contribution in [3.8, 4) is 16.3 Å². The van der Waals surface area contributed by atoms with Crippen LogP contribution < -0.4 is 10.1 Å². The van der Waals surface area contributed by atoms with Crippen LogP contribution >= 0.6 is 11.3 Å². The van der Waals surface area contributed by atoms with Gasteiger partial charge in [-0.25, -0.2) is 9.97 Å². The number of amides is 1. The number of nitrogens with zero attached hydrogens (tertiary/aromatic N) is 6. The fraction of sp³-hybridized carbons (Fsp3) is 0.417. The molecule has 1 aliphatic carbocycles. The highest BCUT2D eigenvalue weighted by atomic mass is 32.1. The van der Waals surface area contributed by atoms with Gasteiger partial charge in [0.05, 0.1) is 12.1 Å². The fourth-order valence-electron chi connectivity index (χ4n) is 4.38. The van der Waals surface area contributed by atoms with E-state index in [0.717, 1.165) is 19.2 Å². The zero-order chi connectivity index (χ0) is 26.9. The summed E-state index contributed by atoms with van der Waals surface area (Å²) in [6.45, 7) is 2.97. The normalized spacial score (nSPS) is 17.7. The molecule has 1 saturated heterocycles. The molecule has 0 unspecified atom stereocenters. The van der Waals surface area contributed by atoms with Gasteiger partial charge >= 0.3 is 6.36 Å². The summed E-state index contributed by atoms with van der Waals surface area (Å²) in [4.78, 5) is 38.4. The molecule has 2 fully saturated rings. The first-order valence-electron chi connectivity index (χ1n) is 11.9. The molecule has 2 aromatic heterocycles. The molecule has 0 bridgehead atoms. The predicted octanol–water partition coefficient (Wildman–Crippen LogP) is 3.04. The Hall–Kier alpha value is -3.49. The van der Waals surface area contributed by atoms with E-state index in [-0.39, 0.29) is 17.7 Å². The van der Waals surface area contributed by atoms with Crippen LogP contribution in [0.1, 0.15) is 28.2 Å². The van der Waals surface area contributed by atoms with E-state index in [9.17, 15) is 22.8 Å². The molecule has 1 N–H and O–H groups in total. The van der Waals surface area contributed by atoms with Crippen LogP contribution in [0.25, 0.3) is 10.6 Å². The number of carbonyl (C=O) groups excluding carboxylic acids is 2. The molecule has 0 radical (unpaired) electrons. The molecule has 1 saturated carbocycles. The summed E-state index contributed by atoms with van der Waals surface area (Å²) in [7, 11) is 2.00. The third kappa shape index (κ3) is 5.81. The first-order valence-corrected chi connectivity index (χ1v) is 12.7. The Morgan fingerprint density at radius 2 is 1.82 bits per heavy atom. The van der Waals surface area contributed by atoms with Crippen LogP contribution in [0.4, 0.5) is 18.9 Å². The topological polar surface area (TPSA) is 113 Å². The van der Waals surface area contributed by atoms with Crippen molar-refractivity contribution in [1.29, 1.82) is 0 Å². The van der Waals surface area contributed by atoms with Crippen LogP contribution in [0, 0.1) is 0 Å². The molecular weight excluding hydrogens is 523 g/mol. The maximum absolute atomic E-state index is 13.3. The van der Waals surface area contributed by atoms with E-state index >= 15 is 0 Å². The Bertz CT molecular complexity index is 1320. The lowest BCUT2D eigenvalue weighted by atomic mass is 10.1. The number of carbonyl (C=O) groups is 2. The summed E-state index contributed by atoms with van der Waals surface area (Å²) in [6, 6.07) is 3.49. The van der Waals surface area contributed by atoms with Gasteiger partial charge in [-0.15, -0.1) is 23.4 Å². The van der Waals surface area contributed by atoms with E-state index in [0.29, 0.717) is 41.5 Å². The van der Waals surface area contributed by atoms with E-state index in [2.05, 4.69) is 40.0 Å². The zero-order valence-electron chi connectivity index (χ0n) is 20.4. The number of ether oxygens (including phenoxy) is 1. The number of likely N-dealkylation sites (N-methyl/N-ethyl adjacent to an activating group) is 1. The summed E-state index contributed by atoms with van der Waals surface area (Å²) >= 11 is 1.19. The molecule has 3 aromatic rings. The zero-order valence-corrected chi connectivity index (χ0v) is 21.2. The van der Waals surface area contributed by atoms with Crippen LogP contribution in [0.2, 0.25) is 0 Å². The summed E-state index contributed by atoms with van der Waals surface area (Å²) in [5.74, 6) is -1.39. The van der Waals surface area contributed by atoms with E-state index in [1.54, 1.807) is 12.4 Å². The van der Waals surface area contributed by atoms with Gasteiger partial charge in [-0.2, -0.15) is 0 Å². The third-order valence-electron chi connectivity index (χ3n) is 6.62. The standard InChI is InChI=1S/C24H24F3N7O3S/c1-33-6-8-34(9-7-33)23(4-5-23)22(36)30-17-10-15(2-3-19(17)37-24(25,26)27)18(35)11-20-31-32-21(38-20)16-12-28-14-29-13-16/h2-3,10,12-14H,4-9,11H2,1H3,(H,30,36). The van der Waals surface area contributed by atoms with Crippen molar-refractivity contribution < 1.29 is 27.5 Å². The summed E-state index contributed by atoms with van der Waals surface area (Å²) in [5.41, 5.74) is -0.213. The Morgan fingerprint density at radius 1 is 1.11 bits per heavy atom. The SMILES string of the molecule is CN1CCN(C2(C(=O)Nc3cc(C(=O)Cc4nnc(-c5cncnc5)s4)ccc3OC(F)(F)F)CC2)CC1. The van der Waals surface area contributed by atoms with Crippen molar-refractivity contribution in [3.63, 3.8) is 0 Å². The van der Waals surface area contributed by atoms with Gasteiger partial charge in [0.1, 0.15) is 16.9 Å². The van der Waals surface area contributed by atoms with Crippen molar-refractivity contribution in [2.24, 2.45) is 0 Å². The van der Waals surface area contributed by atoms with Gasteiger partial charge in [0.2, 0.25) is 5.91 Å². The van der Waals surface area contributed by atoms with Crippen LogP contribution in [0.15, 0.2) is 36.9 Å². The minimum Gasteiger partial charge on any atom is -0.404 e. The number of benzene rings is 1. The molecule has 2 aliphatic rings. The number of piperazine rings is 1. The predicted molar refractivity (Wildman–Crippen MR) is 132 cm³/mol. The first-order chi connectivity index (χ1) is 18.1. The van der Waals surface area contributed by atoms with Crippen LogP contribution in [-0.4, -0.2) is 86.8 Å². The maximum atomic E-state index is 13.3. The molecule has 1 aromatic carbocycles. The number of aromatic nitrogens is 4. The van der Waals surface area contributed by atoms with E-state index < -0.39 is 29.3 Å².